The van der Waals surface area contributed by atoms with Crippen molar-refractivity contribution >= 4 is 15.9 Å². The van der Waals surface area contributed by atoms with Crippen molar-refractivity contribution in [1.82, 2.24) is 4.57 Å². The summed E-state index contributed by atoms with van der Waals surface area (Å²) in [5.74, 6) is 0.911. The number of halogens is 1. The lowest BCUT2D eigenvalue weighted by Crippen LogP contribution is -2.21. The van der Waals surface area contributed by atoms with E-state index in [4.69, 9.17) is 10.5 Å². The molecule has 0 aliphatic carbocycles. The monoisotopic (exact) mass is 336 g/mol. The molecule has 20 heavy (non-hydrogen) atoms. The second-order valence-electron chi connectivity index (χ2n) is 5.02. The van der Waals surface area contributed by atoms with Gasteiger partial charge in [-0.25, -0.2) is 0 Å². The maximum absolute atomic E-state index is 6.00. The van der Waals surface area contributed by atoms with Gasteiger partial charge in [0.1, 0.15) is 5.75 Å². The fourth-order valence-corrected chi connectivity index (χ4v) is 2.63. The molecule has 0 spiro atoms. The van der Waals surface area contributed by atoms with Gasteiger partial charge in [-0.15, -0.1) is 0 Å². The van der Waals surface area contributed by atoms with E-state index in [1.807, 2.05) is 12.1 Å². The summed E-state index contributed by atoms with van der Waals surface area (Å²) in [6, 6.07) is 8.45. The van der Waals surface area contributed by atoms with Crippen LogP contribution in [0.25, 0.3) is 0 Å². The molecule has 1 unspecified atom stereocenters. The van der Waals surface area contributed by atoms with Gasteiger partial charge in [0.05, 0.1) is 13.7 Å². The number of nitrogens with zero attached hydrogens (tertiary/aromatic N) is 1. The first-order valence-corrected chi connectivity index (χ1v) is 7.64. The average Bonchev–Trinajstić information content (AvgIpc) is 2.86. The molecule has 2 rings (SSSR count). The van der Waals surface area contributed by atoms with E-state index in [0.717, 1.165) is 35.2 Å². The SMILES string of the molecule is CCC(N)Cc1ccn(Cc2cc(Br)ccc2OC)c1. The zero-order valence-corrected chi connectivity index (χ0v) is 13.6. The average molecular weight is 337 g/mol. The van der Waals surface area contributed by atoms with Crippen molar-refractivity contribution in [2.45, 2.75) is 32.4 Å². The molecule has 2 aromatic rings. The zero-order valence-electron chi connectivity index (χ0n) is 12.0. The maximum atomic E-state index is 6.00. The van der Waals surface area contributed by atoms with Crippen molar-refractivity contribution in [3.63, 3.8) is 0 Å². The van der Waals surface area contributed by atoms with E-state index < -0.39 is 0 Å². The molecule has 1 heterocycles. The summed E-state index contributed by atoms with van der Waals surface area (Å²) in [5.41, 5.74) is 8.44. The Labute approximate surface area is 128 Å². The summed E-state index contributed by atoms with van der Waals surface area (Å²) in [7, 11) is 1.70. The van der Waals surface area contributed by atoms with Crippen molar-refractivity contribution in [2.24, 2.45) is 5.73 Å². The van der Waals surface area contributed by atoms with Gasteiger partial charge >= 0.3 is 0 Å². The molecule has 0 saturated heterocycles. The van der Waals surface area contributed by atoms with E-state index in [0.29, 0.717) is 0 Å². The van der Waals surface area contributed by atoms with E-state index in [9.17, 15) is 0 Å². The van der Waals surface area contributed by atoms with Crippen LogP contribution in [-0.2, 0) is 13.0 Å². The van der Waals surface area contributed by atoms with Gasteiger partial charge in [-0.05, 0) is 42.7 Å². The van der Waals surface area contributed by atoms with Gasteiger partial charge in [0.15, 0.2) is 0 Å². The molecule has 1 aromatic heterocycles. The van der Waals surface area contributed by atoms with E-state index in [1.165, 1.54) is 5.56 Å². The van der Waals surface area contributed by atoms with Gasteiger partial charge in [-0.1, -0.05) is 22.9 Å². The summed E-state index contributed by atoms with van der Waals surface area (Å²) in [6.45, 7) is 2.91. The molecule has 2 N–H and O–H groups in total. The Morgan fingerprint density at radius 3 is 2.85 bits per heavy atom. The highest BCUT2D eigenvalue weighted by molar-refractivity contribution is 9.10. The molecule has 0 radical (unpaired) electrons. The molecular weight excluding hydrogens is 316 g/mol. The first-order valence-electron chi connectivity index (χ1n) is 6.85. The van der Waals surface area contributed by atoms with Gasteiger partial charge in [0.2, 0.25) is 0 Å². The third-order valence-electron chi connectivity index (χ3n) is 3.43. The van der Waals surface area contributed by atoms with Crippen LogP contribution in [0.5, 0.6) is 5.75 Å². The number of methoxy groups -OCH3 is 1. The van der Waals surface area contributed by atoms with Gasteiger partial charge < -0.3 is 15.0 Å². The van der Waals surface area contributed by atoms with Gasteiger partial charge in [0.25, 0.3) is 0 Å². The highest BCUT2D eigenvalue weighted by atomic mass is 79.9. The number of benzene rings is 1. The molecule has 0 aliphatic heterocycles. The number of hydrogen-bond acceptors (Lipinski definition) is 2. The molecule has 0 amide bonds. The Bertz CT molecular complexity index is 565. The number of hydrogen-bond donors (Lipinski definition) is 1. The predicted octanol–water partition coefficient (Wildman–Crippen LogP) is 3.59. The lowest BCUT2D eigenvalue weighted by molar-refractivity contribution is 0.408. The molecule has 0 fully saturated rings. The molecule has 4 heteroatoms. The minimum atomic E-state index is 0.242. The van der Waals surface area contributed by atoms with Crippen LogP contribution in [0, 0.1) is 0 Å². The first kappa shape index (κ1) is 15.1. The van der Waals surface area contributed by atoms with E-state index in [-0.39, 0.29) is 6.04 Å². The number of rotatable bonds is 6. The third kappa shape index (κ3) is 3.87. The topological polar surface area (TPSA) is 40.2 Å². The molecule has 0 aliphatic rings. The summed E-state index contributed by atoms with van der Waals surface area (Å²) >= 11 is 3.50. The predicted molar refractivity (Wildman–Crippen MR) is 86.2 cm³/mol. The fraction of sp³-hybridized carbons (Fsp3) is 0.375. The van der Waals surface area contributed by atoms with Crippen LogP contribution in [0.3, 0.4) is 0 Å². The molecule has 0 bridgehead atoms. The van der Waals surface area contributed by atoms with Crippen LogP contribution in [0.15, 0.2) is 41.1 Å². The molecule has 3 nitrogen and oxygen atoms in total. The second-order valence-corrected chi connectivity index (χ2v) is 5.94. The minimum absolute atomic E-state index is 0.242. The summed E-state index contributed by atoms with van der Waals surface area (Å²) in [5, 5.41) is 0. The number of ether oxygens (including phenoxy) is 1. The van der Waals surface area contributed by atoms with Crippen molar-refractivity contribution in [3.05, 3.63) is 52.3 Å². The summed E-state index contributed by atoms with van der Waals surface area (Å²) in [6.07, 6.45) is 6.19. The largest absolute Gasteiger partial charge is 0.496 e. The standard InChI is InChI=1S/C16H21BrN2O/c1-3-15(18)8-12-6-7-19(10-12)11-13-9-14(17)4-5-16(13)20-2/h4-7,9-10,15H,3,8,11,18H2,1-2H3. The van der Waals surface area contributed by atoms with Gasteiger partial charge in [-0.3, -0.25) is 0 Å². The first-order chi connectivity index (χ1) is 9.62. The highest BCUT2D eigenvalue weighted by Crippen LogP contribution is 2.24. The number of aromatic nitrogens is 1. The normalized spacial score (nSPS) is 12.4. The van der Waals surface area contributed by atoms with Gasteiger partial charge in [-0.2, -0.15) is 0 Å². The molecule has 108 valence electrons. The fourth-order valence-electron chi connectivity index (χ4n) is 2.22. The maximum Gasteiger partial charge on any atom is 0.123 e. The Morgan fingerprint density at radius 2 is 2.15 bits per heavy atom. The molecule has 0 saturated carbocycles. The molecule has 1 aromatic carbocycles. The summed E-state index contributed by atoms with van der Waals surface area (Å²) < 4.78 is 8.64. The molecule has 1 atom stereocenters. The van der Waals surface area contributed by atoms with Crippen LogP contribution >= 0.6 is 15.9 Å². The van der Waals surface area contributed by atoms with Crippen molar-refractivity contribution in [3.8, 4) is 5.75 Å². The van der Waals surface area contributed by atoms with Crippen molar-refractivity contribution in [1.29, 1.82) is 0 Å². The zero-order chi connectivity index (χ0) is 14.5. The van der Waals surface area contributed by atoms with Crippen molar-refractivity contribution in [2.75, 3.05) is 7.11 Å². The minimum Gasteiger partial charge on any atom is -0.496 e. The number of nitrogens with two attached hydrogens (primary N) is 1. The van der Waals surface area contributed by atoms with E-state index in [2.05, 4.69) is 51.9 Å². The van der Waals surface area contributed by atoms with Crippen LogP contribution in [-0.4, -0.2) is 17.7 Å². The third-order valence-corrected chi connectivity index (χ3v) is 3.92. The lowest BCUT2D eigenvalue weighted by atomic mass is 10.1. The Balaban J connectivity index is 2.12. The van der Waals surface area contributed by atoms with Crippen molar-refractivity contribution < 1.29 is 4.74 Å². The van der Waals surface area contributed by atoms with Crippen LogP contribution in [0.4, 0.5) is 0 Å². The van der Waals surface area contributed by atoms with E-state index >= 15 is 0 Å². The van der Waals surface area contributed by atoms with Crippen LogP contribution < -0.4 is 10.5 Å². The Kier molecular flexibility index (Phi) is 5.26. The Hall–Kier alpha value is -1.26. The summed E-state index contributed by atoms with van der Waals surface area (Å²) in [4.78, 5) is 0. The van der Waals surface area contributed by atoms with Gasteiger partial charge in [0, 0.05) is 28.5 Å². The Morgan fingerprint density at radius 1 is 1.35 bits per heavy atom. The van der Waals surface area contributed by atoms with Crippen LogP contribution in [0.2, 0.25) is 0 Å². The quantitative estimate of drug-likeness (QED) is 0.875. The highest BCUT2D eigenvalue weighted by Gasteiger charge is 2.07. The lowest BCUT2D eigenvalue weighted by Gasteiger charge is -2.10. The van der Waals surface area contributed by atoms with Crippen LogP contribution in [0.1, 0.15) is 24.5 Å². The molecular formula is C16H21BrN2O. The smallest absolute Gasteiger partial charge is 0.123 e. The van der Waals surface area contributed by atoms with E-state index in [1.54, 1.807) is 7.11 Å². The second kappa shape index (κ2) is 6.95.